The predicted molar refractivity (Wildman–Crippen MR) is 90.7 cm³/mol. The Labute approximate surface area is 144 Å². The van der Waals surface area contributed by atoms with Gasteiger partial charge in [-0.25, -0.2) is 0 Å². The largest absolute Gasteiger partial charge is 0.369 e. The van der Waals surface area contributed by atoms with Gasteiger partial charge in [-0.3, -0.25) is 4.79 Å². The van der Waals surface area contributed by atoms with Gasteiger partial charge >= 0.3 is 0 Å². The van der Waals surface area contributed by atoms with Crippen molar-refractivity contribution in [2.24, 2.45) is 5.73 Å². The van der Waals surface area contributed by atoms with E-state index in [0.717, 1.165) is 20.1 Å². The molecule has 0 saturated heterocycles. The smallest absolute Gasteiger partial charge is 0.227 e. The second-order valence-electron chi connectivity index (χ2n) is 4.34. The van der Waals surface area contributed by atoms with E-state index in [1.807, 2.05) is 30.3 Å². The number of nitrogens with zero attached hydrogens (tertiary/aromatic N) is 5. The lowest BCUT2D eigenvalue weighted by Crippen LogP contribution is -2.12. The van der Waals surface area contributed by atoms with Crippen LogP contribution in [0.25, 0.3) is 5.69 Å². The molecule has 3 aromatic rings. The van der Waals surface area contributed by atoms with Crippen LogP contribution in [0.4, 0.5) is 0 Å². The van der Waals surface area contributed by atoms with Crippen LogP contribution in [0.1, 0.15) is 5.69 Å². The highest BCUT2D eigenvalue weighted by Crippen LogP contribution is 2.30. The number of hydrogen-bond donors (Lipinski definition) is 1. The SMILES string of the molecule is NC(=O)CSc1nnc(SCc2cnn(-c3ccccc3)n2)s1. The summed E-state index contributed by atoms with van der Waals surface area (Å²) in [6, 6.07) is 9.74. The molecular weight excluding hydrogens is 352 g/mol. The summed E-state index contributed by atoms with van der Waals surface area (Å²) in [4.78, 5) is 12.3. The summed E-state index contributed by atoms with van der Waals surface area (Å²) < 4.78 is 1.56. The van der Waals surface area contributed by atoms with Crippen LogP contribution < -0.4 is 5.73 Å². The first-order valence-electron chi connectivity index (χ1n) is 6.55. The van der Waals surface area contributed by atoms with Gasteiger partial charge in [-0.05, 0) is 12.1 Å². The molecule has 0 spiro atoms. The fourth-order valence-electron chi connectivity index (χ4n) is 1.63. The quantitative estimate of drug-likeness (QED) is 0.640. The number of aromatic nitrogens is 5. The van der Waals surface area contributed by atoms with Gasteiger partial charge in [-0.2, -0.15) is 15.0 Å². The second kappa shape index (κ2) is 7.57. The third kappa shape index (κ3) is 4.53. The summed E-state index contributed by atoms with van der Waals surface area (Å²) >= 11 is 4.27. The number of amides is 1. The van der Waals surface area contributed by atoms with Crippen molar-refractivity contribution in [3.8, 4) is 5.69 Å². The standard InChI is InChI=1S/C13H12N6OS3/c14-11(20)8-22-13-17-16-12(23-13)21-7-9-6-15-19(18-9)10-4-2-1-3-5-10/h1-6H,7-8H2,(H2,14,20). The van der Waals surface area contributed by atoms with Crippen molar-refractivity contribution in [2.75, 3.05) is 5.75 Å². The molecule has 1 aromatic carbocycles. The lowest BCUT2D eigenvalue weighted by atomic mass is 10.3. The Morgan fingerprint density at radius 1 is 1.17 bits per heavy atom. The molecule has 0 radical (unpaired) electrons. The predicted octanol–water partition coefficient (Wildman–Crippen LogP) is 1.99. The summed E-state index contributed by atoms with van der Waals surface area (Å²) in [6.45, 7) is 0. The van der Waals surface area contributed by atoms with E-state index in [1.165, 1.54) is 34.9 Å². The Kier molecular flexibility index (Phi) is 5.26. The Bertz CT molecular complexity index is 788. The molecule has 2 aromatic heterocycles. The summed E-state index contributed by atoms with van der Waals surface area (Å²) in [5, 5.41) is 16.8. The molecule has 0 unspecified atom stereocenters. The first-order chi connectivity index (χ1) is 11.2. The van der Waals surface area contributed by atoms with Crippen molar-refractivity contribution < 1.29 is 4.79 Å². The fraction of sp³-hybridized carbons (Fsp3) is 0.154. The van der Waals surface area contributed by atoms with E-state index in [1.54, 1.807) is 11.0 Å². The normalized spacial score (nSPS) is 10.8. The van der Waals surface area contributed by atoms with Crippen LogP contribution in [0.5, 0.6) is 0 Å². The third-order valence-corrected chi connectivity index (χ3v) is 5.84. The summed E-state index contributed by atoms with van der Waals surface area (Å²) in [5.41, 5.74) is 6.89. The van der Waals surface area contributed by atoms with Crippen LogP contribution in [-0.2, 0) is 10.5 Å². The van der Waals surface area contributed by atoms with Crippen LogP contribution in [0.3, 0.4) is 0 Å². The second-order valence-corrected chi connectivity index (χ2v) is 7.76. The summed E-state index contributed by atoms with van der Waals surface area (Å²) in [6.07, 6.45) is 1.74. The minimum absolute atomic E-state index is 0.213. The number of benzene rings is 1. The summed E-state index contributed by atoms with van der Waals surface area (Å²) in [5.74, 6) is 0.504. The van der Waals surface area contributed by atoms with Gasteiger partial charge in [-0.15, -0.1) is 10.2 Å². The molecule has 7 nitrogen and oxygen atoms in total. The lowest BCUT2D eigenvalue weighted by molar-refractivity contribution is -0.115. The number of hydrogen-bond acceptors (Lipinski definition) is 8. The average Bonchev–Trinajstić information content (AvgIpc) is 3.21. The molecule has 0 aliphatic carbocycles. The topological polar surface area (TPSA) is 99.6 Å². The summed E-state index contributed by atoms with van der Waals surface area (Å²) in [7, 11) is 0. The van der Waals surface area contributed by atoms with Crippen LogP contribution in [0.15, 0.2) is 45.2 Å². The Balaban J connectivity index is 1.57. The first kappa shape index (κ1) is 16.0. The number of para-hydroxylation sites is 1. The Morgan fingerprint density at radius 3 is 2.65 bits per heavy atom. The van der Waals surface area contributed by atoms with Crippen molar-refractivity contribution in [3.05, 3.63) is 42.2 Å². The number of carbonyl (C=O) groups excluding carboxylic acids is 1. The minimum Gasteiger partial charge on any atom is -0.369 e. The highest BCUT2D eigenvalue weighted by molar-refractivity contribution is 8.03. The molecule has 23 heavy (non-hydrogen) atoms. The Morgan fingerprint density at radius 2 is 1.91 bits per heavy atom. The molecule has 0 aliphatic heterocycles. The molecule has 118 valence electrons. The maximum absolute atomic E-state index is 10.7. The van der Waals surface area contributed by atoms with E-state index >= 15 is 0 Å². The van der Waals surface area contributed by atoms with Gasteiger partial charge < -0.3 is 5.73 Å². The number of carbonyl (C=O) groups is 1. The molecule has 0 saturated carbocycles. The van der Waals surface area contributed by atoms with Gasteiger partial charge in [0.2, 0.25) is 5.91 Å². The van der Waals surface area contributed by atoms with Crippen molar-refractivity contribution in [1.82, 2.24) is 25.2 Å². The van der Waals surface area contributed by atoms with Crippen molar-refractivity contribution in [1.29, 1.82) is 0 Å². The number of primary amides is 1. The molecule has 2 N–H and O–H groups in total. The zero-order chi connectivity index (χ0) is 16.1. The first-order valence-corrected chi connectivity index (χ1v) is 9.33. The van der Waals surface area contributed by atoms with Crippen molar-refractivity contribution in [3.63, 3.8) is 0 Å². The molecule has 0 aliphatic rings. The zero-order valence-electron chi connectivity index (χ0n) is 11.8. The minimum atomic E-state index is -0.364. The molecule has 0 atom stereocenters. The highest BCUT2D eigenvalue weighted by Gasteiger charge is 2.09. The van der Waals surface area contributed by atoms with E-state index < -0.39 is 0 Å². The number of thioether (sulfide) groups is 2. The van der Waals surface area contributed by atoms with Crippen LogP contribution in [0, 0.1) is 0 Å². The maximum atomic E-state index is 10.7. The van der Waals surface area contributed by atoms with E-state index in [0.29, 0.717) is 5.75 Å². The van der Waals surface area contributed by atoms with Crippen molar-refractivity contribution >= 4 is 40.8 Å². The van der Waals surface area contributed by atoms with Gasteiger partial charge in [0.1, 0.15) is 0 Å². The molecule has 0 fully saturated rings. The zero-order valence-corrected chi connectivity index (χ0v) is 14.3. The van der Waals surface area contributed by atoms with Crippen molar-refractivity contribution in [2.45, 2.75) is 14.4 Å². The highest BCUT2D eigenvalue weighted by atomic mass is 32.2. The molecule has 2 heterocycles. The maximum Gasteiger partial charge on any atom is 0.227 e. The average molecular weight is 364 g/mol. The van der Waals surface area contributed by atoms with Gasteiger partial charge in [0.05, 0.1) is 23.3 Å². The van der Waals surface area contributed by atoms with Gasteiger partial charge in [0, 0.05) is 5.75 Å². The van der Waals surface area contributed by atoms with E-state index in [9.17, 15) is 4.79 Å². The monoisotopic (exact) mass is 364 g/mol. The van der Waals surface area contributed by atoms with E-state index in [2.05, 4.69) is 20.4 Å². The van der Waals surface area contributed by atoms with Gasteiger partial charge in [0.25, 0.3) is 0 Å². The third-order valence-electron chi connectivity index (χ3n) is 2.60. The van der Waals surface area contributed by atoms with Crippen LogP contribution in [-0.4, -0.2) is 36.9 Å². The van der Waals surface area contributed by atoms with E-state index in [4.69, 9.17) is 5.73 Å². The van der Waals surface area contributed by atoms with Gasteiger partial charge in [0.15, 0.2) is 8.68 Å². The fourth-order valence-corrected chi connectivity index (χ4v) is 4.26. The van der Waals surface area contributed by atoms with Crippen LogP contribution >= 0.6 is 34.9 Å². The molecule has 1 amide bonds. The molecule has 10 heteroatoms. The van der Waals surface area contributed by atoms with Gasteiger partial charge in [-0.1, -0.05) is 53.1 Å². The van der Waals surface area contributed by atoms with Crippen LogP contribution in [0.2, 0.25) is 0 Å². The molecular formula is C13H12N6OS3. The number of nitrogens with two attached hydrogens (primary N) is 1. The molecule has 0 bridgehead atoms. The number of rotatable bonds is 7. The Hall–Kier alpha value is -1.91. The van der Waals surface area contributed by atoms with E-state index in [-0.39, 0.29) is 11.7 Å². The molecule has 3 rings (SSSR count). The lowest BCUT2D eigenvalue weighted by Gasteiger charge is -1.97.